The number of ether oxygens (including phenoxy) is 2. The minimum Gasteiger partial charge on any atom is -0.486 e. The van der Waals surface area contributed by atoms with Gasteiger partial charge >= 0.3 is 0 Å². The van der Waals surface area contributed by atoms with Crippen LogP contribution < -0.4 is 14.8 Å². The fourth-order valence-electron chi connectivity index (χ4n) is 3.36. The number of hydrogen-bond donors (Lipinski definition) is 1. The van der Waals surface area contributed by atoms with Gasteiger partial charge in [0.25, 0.3) is 0 Å². The highest BCUT2D eigenvalue weighted by molar-refractivity contribution is 7.91. The number of hydrogen-bond acceptors (Lipinski definition) is 6. The van der Waals surface area contributed by atoms with Crippen molar-refractivity contribution in [2.45, 2.75) is 37.1 Å². The van der Waals surface area contributed by atoms with Gasteiger partial charge in [0.1, 0.15) is 13.2 Å². The maximum absolute atomic E-state index is 12.6. The van der Waals surface area contributed by atoms with E-state index in [4.69, 9.17) is 9.47 Å². The third-order valence-corrected chi connectivity index (χ3v) is 6.43. The first-order chi connectivity index (χ1) is 12.5. The van der Waals surface area contributed by atoms with Gasteiger partial charge in [-0.2, -0.15) is 0 Å². The van der Waals surface area contributed by atoms with Crippen LogP contribution in [0.5, 0.6) is 11.5 Å². The number of carbonyl (C=O) groups excluding carboxylic acids is 1. The molecule has 2 heterocycles. The summed E-state index contributed by atoms with van der Waals surface area (Å²) < 4.78 is 36.2. The minimum absolute atomic E-state index is 0. The van der Waals surface area contributed by atoms with Gasteiger partial charge < -0.3 is 19.7 Å². The zero-order chi connectivity index (χ0) is 18.6. The first-order valence-corrected chi connectivity index (χ1v) is 10.8. The van der Waals surface area contributed by atoms with E-state index in [-0.39, 0.29) is 41.4 Å². The first-order valence-electron chi connectivity index (χ1n) is 9.14. The Kier molecular flexibility index (Phi) is 7.76. The van der Waals surface area contributed by atoms with Gasteiger partial charge in [-0.1, -0.05) is 6.92 Å². The van der Waals surface area contributed by atoms with Crippen molar-refractivity contribution in [3.05, 3.63) is 18.2 Å². The molecule has 0 spiro atoms. The first kappa shape index (κ1) is 21.8. The van der Waals surface area contributed by atoms with Crippen LogP contribution in [0.2, 0.25) is 0 Å². The molecule has 0 aromatic heterocycles. The fraction of sp³-hybridized carbons (Fsp3) is 0.611. The van der Waals surface area contributed by atoms with Gasteiger partial charge in [-0.3, -0.25) is 4.79 Å². The maximum atomic E-state index is 12.6. The van der Waals surface area contributed by atoms with Crippen LogP contribution in [-0.4, -0.2) is 63.9 Å². The van der Waals surface area contributed by atoms with E-state index in [0.717, 1.165) is 25.9 Å². The van der Waals surface area contributed by atoms with E-state index in [1.54, 1.807) is 6.07 Å². The fourth-order valence-corrected chi connectivity index (χ4v) is 4.60. The van der Waals surface area contributed by atoms with E-state index in [2.05, 4.69) is 5.32 Å². The van der Waals surface area contributed by atoms with Crippen molar-refractivity contribution >= 4 is 28.2 Å². The Labute approximate surface area is 166 Å². The zero-order valence-corrected chi connectivity index (χ0v) is 17.1. The Morgan fingerprint density at radius 3 is 2.67 bits per heavy atom. The van der Waals surface area contributed by atoms with E-state index < -0.39 is 9.84 Å². The molecule has 0 aliphatic carbocycles. The Balaban J connectivity index is 0.00000261. The van der Waals surface area contributed by atoms with Crippen molar-refractivity contribution in [1.82, 2.24) is 10.2 Å². The molecule has 1 atom stereocenters. The van der Waals surface area contributed by atoms with Gasteiger partial charge in [0.15, 0.2) is 21.3 Å². The summed E-state index contributed by atoms with van der Waals surface area (Å²) in [6, 6.07) is 4.77. The number of nitrogens with zero attached hydrogens (tertiary/aromatic N) is 1. The zero-order valence-electron chi connectivity index (χ0n) is 15.5. The molecule has 0 saturated carbocycles. The SMILES string of the molecule is CCCN(C(=O)CCS(=O)(=O)c1ccc2c(c1)OCCO2)C1CCNC1.Cl. The van der Waals surface area contributed by atoms with E-state index in [1.807, 2.05) is 11.8 Å². The third-order valence-electron chi connectivity index (χ3n) is 4.72. The van der Waals surface area contributed by atoms with Crippen molar-refractivity contribution in [3.8, 4) is 11.5 Å². The summed E-state index contributed by atoms with van der Waals surface area (Å²) in [4.78, 5) is 14.6. The molecule has 1 N–H and O–H groups in total. The lowest BCUT2D eigenvalue weighted by Crippen LogP contribution is -2.42. The molecule has 0 radical (unpaired) electrons. The number of rotatable bonds is 7. The third kappa shape index (κ3) is 5.27. The Morgan fingerprint density at radius 2 is 2.00 bits per heavy atom. The molecule has 7 nitrogen and oxygen atoms in total. The van der Waals surface area contributed by atoms with Crippen LogP contribution in [0.3, 0.4) is 0 Å². The molecule has 1 amide bonds. The highest BCUT2D eigenvalue weighted by atomic mass is 35.5. The number of amides is 1. The second kappa shape index (κ2) is 9.61. The molecule has 1 aromatic carbocycles. The number of carbonyl (C=O) groups is 1. The van der Waals surface area contributed by atoms with Crippen molar-refractivity contribution in [2.75, 3.05) is 38.6 Å². The van der Waals surface area contributed by atoms with Crippen LogP contribution in [0.25, 0.3) is 0 Å². The van der Waals surface area contributed by atoms with Crippen molar-refractivity contribution in [1.29, 1.82) is 0 Å². The predicted octanol–water partition coefficient (Wildman–Crippen LogP) is 1.64. The van der Waals surface area contributed by atoms with Crippen molar-refractivity contribution < 1.29 is 22.7 Å². The van der Waals surface area contributed by atoms with Gasteiger partial charge in [-0.25, -0.2) is 8.42 Å². The Bertz CT molecular complexity index is 750. The van der Waals surface area contributed by atoms with Crippen LogP contribution in [0.15, 0.2) is 23.1 Å². The lowest BCUT2D eigenvalue weighted by Gasteiger charge is -2.28. The molecule has 1 fully saturated rings. The van der Waals surface area contributed by atoms with Gasteiger partial charge in [0.2, 0.25) is 5.91 Å². The lowest BCUT2D eigenvalue weighted by atomic mass is 10.2. The van der Waals surface area contributed by atoms with Crippen LogP contribution >= 0.6 is 12.4 Å². The largest absolute Gasteiger partial charge is 0.486 e. The summed E-state index contributed by atoms with van der Waals surface area (Å²) in [6.45, 7) is 5.21. The molecule has 1 saturated heterocycles. The van der Waals surface area contributed by atoms with Gasteiger partial charge in [-0.15, -0.1) is 12.4 Å². The van der Waals surface area contributed by atoms with E-state index in [0.29, 0.717) is 31.3 Å². The molecule has 9 heteroatoms. The van der Waals surface area contributed by atoms with Crippen molar-refractivity contribution in [3.63, 3.8) is 0 Å². The van der Waals surface area contributed by atoms with Crippen LogP contribution in [0, 0.1) is 0 Å². The molecule has 2 aliphatic rings. The van der Waals surface area contributed by atoms with Crippen LogP contribution in [0.4, 0.5) is 0 Å². The number of nitrogens with one attached hydrogen (secondary N) is 1. The second-order valence-corrected chi connectivity index (χ2v) is 8.72. The quantitative estimate of drug-likeness (QED) is 0.724. The maximum Gasteiger partial charge on any atom is 0.223 e. The summed E-state index contributed by atoms with van der Waals surface area (Å²) in [5, 5.41) is 3.26. The van der Waals surface area contributed by atoms with E-state index >= 15 is 0 Å². The van der Waals surface area contributed by atoms with Gasteiger partial charge in [0.05, 0.1) is 10.6 Å². The summed E-state index contributed by atoms with van der Waals surface area (Å²) in [7, 11) is -3.56. The normalized spacial score (nSPS) is 18.6. The molecule has 1 aromatic rings. The molecule has 152 valence electrons. The average Bonchev–Trinajstić information content (AvgIpc) is 3.18. The summed E-state index contributed by atoms with van der Waals surface area (Å²) >= 11 is 0. The highest BCUT2D eigenvalue weighted by Gasteiger charge is 2.27. The molecular weight excluding hydrogens is 392 g/mol. The number of halogens is 1. The number of sulfone groups is 1. The monoisotopic (exact) mass is 418 g/mol. The van der Waals surface area contributed by atoms with E-state index in [9.17, 15) is 13.2 Å². The standard InChI is InChI=1S/C18H26N2O5S.ClH/c1-2-8-20(14-5-7-19-13-14)18(21)6-11-26(22,23)15-3-4-16-17(12-15)25-10-9-24-16;/h3-4,12,14,19H,2,5-11,13H2,1H3;1H. The molecular formula is C18H27ClN2O5S. The smallest absolute Gasteiger partial charge is 0.223 e. The topological polar surface area (TPSA) is 84.9 Å². The van der Waals surface area contributed by atoms with Crippen LogP contribution in [0.1, 0.15) is 26.2 Å². The number of fused-ring (bicyclic) bond motifs is 1. The minimum atomic E-state index is -3.56. The van der Waals surface area contributed by atoms with Crippen LogP contribution in [-0.2, 0) is 14.6 Å². The predicted molar refractivity (Wildman–Crippen MR) is 105 cm³/mol. The summed E-state index contributed by atoms with van der Waals surface area (Å²) in [6.07, 6.45) is 1.77. The molecule has 1 unspecified atom stereocenters. The Hall–Kier alpha value is -1.51. The average molecular weight is 419 g/mol. The van der Waals surface area contributed by atoms with Gasteiger partial charge in [0, 0.05) is 31.6 Å². The number of benzene rings is 1. The van der Waals surface area contributed by atoms with Crippen molar-refractivity contribution in [2.24, 2.45) is 0 Å². The molecule has 0 bridgehead atoms. The molecule has 3 rings (SSSR count). The second-order valence-electron chi connectivity index (χ2n) is 6.61. The lowest BCUT2D eigenvalue weighted by molar-refractivity contribution is -0.132. The Morgan fingerprint density at radius 1 is 1.26 bits per heavy atom. The molecule has 2 aliphatic heterocycles. The van der Waals surface area contributed by atoms with Gasteiger partial charge in [-0.05, 0) is 31.5 Å². The molecule has 27 heavy (non-hydrogen) atoms. The highest BCUT2D eigenvalue weighted by Crippen LogP contribution is 2.32. The summed E-state index contributed by atoms with van der Waals surface area (Å²) in [5.74, 6) is 0.690. The van der Waals surface area contributed by atoms with E-state index in [1.165, 1.54) is 12.1 Å². The summed E-state index contributed by atoms with van der Waals surface area (Å²) in [5.41, 5.74) is 0.